The smallest absolute Gasteiger partial charge is 0.252 e. The maximum Gasteiger partial charge on any atom is 0.252 e. The number of hydrogen-bond donors (Lipinski definition) is 2. The van der Waals surface area contributed by atoms with Crippen LogP contribution in [0, 0.1) is 11.7 Å². The lowest BCUT2D eigenvalue weighted by atomic mass is 10.1. The Morgan fingerprint density at radius 1 is 1.56 bits per heavy atom. The van der Waals surface area contributed by atoms with Gasteiger partial charge in [0.1, 0.15) is 5.82 Å². The van der Waals surface area contributed by atoms with Gasteiger partial charge in [0, 0.05) is 17.1 Å². The first-order valence-corrected chi connectivity index (χ1v) is 6.36. The normalized spacial score (nSPS) is 15.7. The first kappa shape index (κ1) is 15.4. The van der Waals surface area contributed by atoms with Gasteiger partial charge in [-0.05, 0) is 52.9 Å². The molecule has 0 heterocycles. The van der Waals surface area contributed by atoms with Gasteiger partial charge in [-0.2, -0.15) is 0 Å². The number of halogens is 3. The van der Waals surface area contributed by atoms with E-state index in [1.807, 2.05) is 0 Å². The molecule has 1 aromatic rings. The molecular weight excluding hydrogens is 323 g/mol. The SMILES string of the molecule is Cl.NC(CNC(=O)c1ccc(F)cc1Br)C1CC1. The van der Waals surface area contributed by atoms with Gasteiger partial charge in [0.25, 0.3) is 5.91 Å². The molecule has 0 saturated heterocycles. The first-order valence-electron chi connectivity index (χ1n) is 5.57. The van der Waals surface area contributed by atoms with Crippen molar-refractivity contribution in [3.8, 4) is 0 Å². The van der Waals surface area contributed by atoms with Crippen LogP contribution >= 0.6 is 28.3 Å². The summed E-state index contributed by atoms with van der Waals surface area (Å²) in [6.07, 6.45) is 2.30. The van der Waals surface area contributed by atoms with Crippen LogP contribution in [0.3, 0.4) is 0 Å². The fraction of sp³-hybridized carbons (Fsp3) is 0.417. The largest absolute Gasteiger partial charge is 0.350 e. The van der Waals surface area contributed by atoms with Crippen LogP contribution in [0.15, 0.2) is 22.7 Å². The number of nitrogens with one attached hydrogen (secondary N) is 1. The third-order valence-electron chi connectivity index (χ3n) is 2.90. The van der Waals surface area contributed by atoms with Crippen LogP contribution in [0.5, 0.6) is 0 Å². The van der Waals surface area contributed by atoms with Crippen molar-refractivity contribution >= 4 is 34.2 Å². The van der Waals surface area contributed by atoms with Gasteiger partial charge in [-0.3, -0.25) is 4.79 Å². The predicted octanol–water partition coefficient (Wildman–Crippen LogP) is 2.48. The van der Waals surface area contributed by atoms with Crippen LogP contribution in [0.25, 0.3) is 0 Å². The molecule has 1 atom stereocenters. The van der Waals surface area contributed by atoms with Crippen molar-refractivity contribution in [2.45, 2.75) is 18.9 Å². The highest BCUT2D eigenvalue weighted by molar-refractivity contribution is 9.10. The molecule has 1 amide bonds. The minimum atomic E-state index is -0.372. The van der Waals surface area contributed by atoms with E-state index in [-0.39, 0.29) is 30.2 Å². The van der Waals surface area contributed by atoms with Crippen LogP contribution in [0.1, 0.15) is 23.2 Å². The Morgan fingerprint density at radius 2 is 2.22 bits per heavy atom. The highest BCUT2D eigenvalue weighted by Crippen LogP contribution is 2.31. The fourth-order valence-electron chi connectivity index (χ4n) is 1.67. The van der Waals surface area contributed by atoms with Crippen molar-refractivity contribution in [2.75, 3.05) is 6.54 Å². The van der Waals surface area contributed by atoms with Crippen LogP contribution in [0.2, 0.25) is 0 Å². The standard InChI is InChI=1S/C12H14BrFN2O.ClH/c13-10-5-8(14)3-4-9(10)12(17)16-6-11(15)7-1-2-7;/h3-5,7,11H,1-2,6,15H2,(H,16,17);1H. The lowest BCUT2D eigenvalue weighted by molar-refractivity contribution is 0.0949. The lowest BCUT2D eigenvalue weighted by Gasteiger charge is -2.12. The number of rotatable bonds is 4. The van der Waals surface area contributed by atoms with E-state index in [9.17, 15) is 9.18 Å². The van der Waals surface area contributed by atoms with Gasteiger partial charge in [0.15, 0.2) is 0 Å². The zero-order valence-corrected chi connectivity index (χ0v) is 12.1. The zero-order valence-electron chi connectivity index (χ0n) is 9.66. The van der Waals surface area contributed by atoms with Crippen molar-refractivity contribution in [3.05, 3.63) is 34.1 Å². The average Bonchev–Trinajstić information content (AvgIpc) is 3.09. The number of carbonyl (C=O) groups excluding carboxylic acids is 1. The second-order valence-corrected chi connectivity index (χ2v) is 5.19. The summed E-state index contributed by atoms with van der Waals surface area (Å²) in [6, 6.07) is 4.02. The van der Waals surface area contributed by atoms with E-state index in [1.54, 1.807) is 0 Å². The molecule has 0 radical (unpaired) electrons. The summed E-state index contributed by atoms with van der Waals surface area (Å²) in [7, 11) is 0. The molecule has 0 bridgehead atoms. The molecule has 1 aromatic carbocycles. The minimum absolute atomic E-state index is 0. The zero-order chi connectivity index (χ0) is 12.4. The molecule has 1 aliphatic rings. The Labute approximate surface area is 120 Å². The summed E-state index contributed by atoms with van der Waals surface area (Å²) in [5.74, 6) is -0.0527. The number of amides is 1. The van der Waals surface area contributed by atoms with Crippen LogP contribution in [-0.4, -0.2) is 18.5 Å². The molecule has 2 rings (SSSR count). The highest BCUT2D eigenvalue weighted by Gasteiger charge is 2.28. The fourth-order valence-corrected chi connectivity index (χ4v) is 2.20. The van der Waals surface area contributed by atoms with E-state index in [4.69, 9.17) is 5.73 Å². The lowest BCUT2D eigenvalue weighted by Crippen LogP contribution is -2.38. The van der Waals surface area contributed by atoms with E-state index in [1.165, 1.54) is 18.2 Å². The quantitative estimate of drug-likeness (QED) is 0.887. The molecule has 1 saturated carbocycles. The van der Waals surface area contributed by atoms with Crippen molar-refractivity contribution < 1.29 is 9.18 Å². The van der Waals surface area contributed by atoms with Gasteiger partial charge in [-0.25, -0.2) is 4.39 Å². The summed E-state index contributed by atoms with van der Waals surface area (Å²) in [5, 5.41) is 2.76. The Hall–Kier alpha value is -0.650. The van der Waals surface area contributed by atoms with E-state index in [0.717, 1.165) is 12.8 Å². The summed E-state index contributed by atoms with van der Waals surface area (Å²) in [6.45, 7) is 0.466. The van der Waals surface area contributed by atoms with Gasteiger partial charge in [-0.1, -0.05) is 0 Å². The van der Waals surface area contributed by atoms with E-state index < -0.39 is 0 Å². The molecule has 0 aromatic heterocycles. The summed E-state index contributed by atoms with van der Waals surface area (Å²) in [5.41, 5.74) is 6.31. The Morgan fingerprint density at radius 3 is 2.78 bits per heavy atom. The van der Waals surface area contributed by atoms with Crippen molar-refractivity contribution in [1.29, 1.82) is 0 Å². The third-order valence-corrected chi connectivity index (χ3v) is 3.56. The first-order chi connectivity index (χ1) is 8.08. The second kappa shape index (κ2) is 6.50. The summed E-state index contributed by atoms with van der Waals surface area (Å²) < 4.78 is 13.3. The van der Waals surface area contributed by atoms with E-state index >= 15 is 0 Å². The molecule has 3 N–H and O–H groups in total. The molecular formula is C12H15BrClFN2O. The summed E-state index contributed by atoms with van der Waals surface area (Å²) >= 11 is 3.16. The molecule has 1 aliphatic carbocycles. The highest BCUT2D eigenvalue weighted by atomic mass is 79.9. The van der Waals surface area contributed by atoms with Gasteiger partial charge in [-0.15, -0.1) is 12.4 Å². The molecule has 1 unspecified atom stereocenters. The monoisotopic (exact) mass is 336 g/mol. The van der Waals surface area contributed by atoms with E-state index in [0.29, 0.717) is 22.5 Å². The van der Waals surface area contributed by atoms with E-state index in [2.05, 4.69) is 21.2 Å². The van der Waals surface area contributed by atoms with Gasteiger partial charge >= 0.3 is 0 Å². The maximum absolute atomic E-state index is 12.9. The number of hydrogen-bond acceptors (Lipinski definition) is 2. The molecule has 0 spiro atoms. The van der Waals surface area contributed by atoms with Gasteiger partial charge < -0.3 is 11.1 Å². The Kier molecular flexibility index (Phi) is 5.56. The summed E-state index contributed by atoms with van der Waals surface area (Å²) in [4.78, 5) is 11.8. The topological polar surface area (TPSA) is 55.1 Å². The van der Waals surface area contributed by atoms with Crippen molar-refractivity contribution in [3.63, 3.8) is 0 Å². The van der Waals surface area contributed by atoms with Crippen molar-refractivity contribution in [2.24, 2.45) is 11.7 Å². The number of nitrogens with two attached hydrogens (primary N) is 1. The maximum atomic E-state index is 12.9. The molecule has 6 heteroatoms. The van der Waals surface area contributed by atoms with Crippen LogP contribution in [-0.2, 0) is 0 Å². The third kappa shape index (κ3) is 3.93. The average molecular weight is 338 g/mol. The van der Waals surface area contributed by atoms with Crippen LogP contribution < -0.4 is 11.1 Å². The Balaban J connectivity index is 0.00000162. The minimum Gasteiger partial charge on any atom is -0.350 e. The number of carbonyl (C=O) groups is 1. The molecule has 0 aliphatic heterocycles. The van der Waals surface area contributed by atoms with Gasteiger partial charge in [0.2, 0.25) is 0 Å². The van der Waals surface area contributed by atoms with Crippen molar-refractivity contribution in [1.82, 2.24) is 5.32 Å². The molecule has 3 nitrogen and oxygen atoms in total. The Bertz CT molecular complexity index is 440. The molecule has 100 valence electrons. The second-order valence-electron chi connectivity index (χ2n) is 4.34. The van der Waals surface area contributed by atoms with Gasteiger partial charge in [0.05, 0.1) is 5.56 Å². The van der Waals surface area contributed by atoms with Crippen LogP contribution in [0.4, 0.5) is 4.39 Å². The predicted molar refractivity (Wildman–Crippen MR) is 74.4 cm³/mol. The molecule has 1 fully saturated rings. The number of benzene rings is 1. The molecule has 18 heavy (non-hydrogen) atoms.